The summed E-state index contributed by atoms with van der Waals surface area (Å²) in [5.41, 5.74) is 0. The first kappa shape index (κ1) is 11.3. The molecule has 1 aliphatic heterocycles. The van der Waals surface area contributed by atoms with Gasteiger partial charge in [-0.1, -0.05) is 18.2 Å². The van der Waals surface area contributed by atoms with Crippen LogP contribution in [0.1, 0.15) is 0 Å². The Morgan fingerprint density at radius 1 is 1.12 bits per heavy atom. The van der Waals surface area contributed by atoms with E-state index in [0.29, 0.717) is 3.82 Å². The predicted molar refractivity (Wildman–Crippen MR) is 56.4 cm³/mol. The summed E-state index contributed by atoms with van der Waals surface area (Å²) in [5, 5.41) is 0. The van der Waals surface area contributed by atoms with Crippen LogP contribution in [0.5, 0.6) is 0 Å². The zero-order chi connectivity index (χ0) is 11.6. The average molecular weight is 262 g/mol. The first-order valence-corrected chi connectivity index (χ1v) is 6.11. The molecule has 0 radical (unpaired) electrons. The highest BCUT2D eigenvalue weighted by Crippen LogP contribution is 2.23. The Balaban J connectivity index is 2.25. The van der Waals surface area contributed by atoms with Crippen LogP contribution in [0.2, 0.25) is 0 Å². The van der Waals surface area contributed by atoms with E-state index in [1.807, 2.05) is 0 Å². The third-order valence-corrected chi connectivity index (χ3v) is 4.09. The van der Waals surface area contributed by atoms with Gasteiger partial charge in [0.05, 0.1) is 4.90 Å². The van der Waals surface area contributed by atoms with E-state index in [1.165, 1.54) is 24.7 Å². The van der Waals surface area contributed by atoms with Crippen molar-refractivity contribution < 1.29 is 17.9 Å². The van der Waals surface area contributed by atoms with Crippen LogP contribution in [0.3, 0.4) is 0 Å². The molecule has 1 aromatic rings. The molecule has 0 N–H and O–H groups in total. The van der Waals surface area contributed by atoms with Crippen molar-refractivity contribution in [2.24, 2.45) is 0 Å². The van der Waals surface area contributed by atoms with Crippen molar-refractivity contribution >= 4 is 21.8 Å². The number of nitrogens with zero attached hydrogens (tertiary/aromatic N) is 1. The molecule has 16 heavy (non-hydrogen) atoms. The number of hydrogen-bond acceptors (Lipinski definition) is 4. The summed E-state index contributed by atoms with van der Waals surface area (Å²) in [6.07, 6.45) is 1.29. The molecule has 1 aromatic carbocycles. The van der Waals surface area contributed by atoms with Crippen molar-refractivity contribution in [2.45, 2.75) is 11.3 Å². The summed E-state index contributed by atoms with van der Waals surface area (Å²) >= 11 is 5.67. The van der Waals surface area contributed by atoms with Crippen LogP contribution >= 0.6 is 11.8 Å². The summed E-state index contributed by atoms with van der Waals surface area (Å²) in [6, 6.07) is 7.79. The number of hydrogen-bond donors (Lipinski definition) is 0. The maximum absolute atomic E-state index is 11.9. The van der Waals surface area contributed by atoms with E-state index in [4.69, 9.17) is 21.3 Å². The second kappa shape index (κ2) is 4.32. The normalized spacial score (nSPS) is 16.1. The highest BCUT2D eigenvalue weighted by atomic mass is 35.5. The van der Waals surface area contributed by atoms with Gasteiger partial charge in [0.2, 0.25) is 0 Å². The molecule has 0 fully saturated rings. The van der Waals surface area contributed by atoms with Gasteiger partial charge in [0.1, 0.15) is 12.5 Å². The monoisotopic (exact) mass is 261 g/mol. The average Bonchev–Trinajstić information content (AvgIpc) is 2.82. The minimum Gasteiger partial charge on any atom is -0.445 e. The quantitative estimate of drug-likeness (QED) is 0.776. The zero-order valence-electron chi connectivity index (χ0n) is 7.99. The summed E-state index contributed by atoms with van der Waals surface area (Å²) < 4.78 is 34.0. The maximum Gasteiger partial charge on any atom is 0.331 e. The number of halogens is 1. The molecular formula is C9H8ClNO4S. The lowest BCUT2D eigenvalue weighted by Crippen LogP contribution is -2.33. The zero-order valence-corrected chi connectivity index (χ0v) is 9.56. The summed E-state index contributed by atoms with van der Waals surface area (Å²) in [5.74, 6) is 0. The molecule has 0 saturated heterocycles. The fourth-order valence-electron chi connectivity index (χ4n) is 1.13. The van der Waals surface area contributed by atoms with Crippen LogP contribution in [-0.2, 0) is 19.5 Å². The summed E-state index contributed by atoms with van der Waals surface area (Å²) in [4.78, 5) is 0.0732. The lowest BCUT2D eigenvalue weighted by Gasteiger charge is -2.18. The molecule has 0 atom stereocenters. The molecule has 0 saturated carbocycles. The Kier molecular flexibility index (Phi) is 3.04. The van der Waals surface area contributed by atoms with Crippen LogP contribution < -0.4 is 0 Å². The molecule has 86 valence electrons. The third kappa shape index (κ3) is 1.99. The Bertz CT molecular complexity index is 479. The summed E-state index contributed by atoms with van der Waals surface area (Å²) in [6.45, 7) is 0. The van der Waals surface area contributed by atoms with Crippen LogP contribution in [-0.4, -0.2) is 18.7 Å². The van der Waals surface area contributed by atoms with Gasteiger partial charge < -0.3 is 9.47 Å². The largest absolute Gasteiger partial charge is 0.445 e. The minimum absolute atomic E-state index is 0.0732. The van der Waals surface area contributed by atoms with Gasteiger partial charge in [-0.3, -0.25) is 0 Å². The maximum atomic E-state index is 11.9. The first-order chi connectivity index (χ1) is 7.62. The van der Waals surface area contributed by atoms with Gasteiger partial charge in [0.25, 0.3) is 10.0 Å². The Hall–Kier alpha value is -1.24. The molecule has 1 heterocycles. The topological polar surface area (TPSA) is 55.8 Å². The fourth-order valence-corrected chi connectivity index (χ4v) is 2.49. The number of ether oxygens (including phenoxy) is 2. The van der Waals surface area contributed by atoms with Crippen LogP contribution in [0.15, 0.2) is 47.8 Å². The fraction of sp³-hybridized carbons (Fsp3) is 0.111. The van der Waals surface area contributed by atoms with E-state index in [1.54, 1.807) is 18.2 Å². The molecule has 0 amide bonds. The Morgan fingerprint density at radius 3 is 2.25 bits per heavy atom. The molecule has 5 nitrogen and oxygen atoms in total. The molecule has 0 bridgehead atoms. The smallest absolute Gasteiger partial charge is 0.331 e. The third-order valence-electron chi connectivity index (χ3n) is 1.88. The van der Waals surface area contributed by atoms with Crippen molar-refractivity contribution in [1.29, 1.82) is 0 Å². The number of sulfonamides is 1. The molecule has 1 aliphatic rings. The standard InChI is InChI=1S/C9H8ClNO4S/c10-11(9-14-6-7-15-9)16(12,13)8-4-2-1-3-5-8/h1-7,9H. The van der Waals surface area contributed by atoms with Crippen LogP contribution in [0.25, 0.3) is 0 Å². The van der Waals surface area contributed by atoms with Crippen molar-refractivity contribution in [3.8, 4) is 0 Å². The van der Waals surface area contributed by atoms with Gasteiger partial charge >= 0.3 is 6.41 Å². The van der Waals surface area contributed by atoms with Gasteiger partial charge in [-0.05, 0) is 16.0 Å². The van der Waals surface area contributed by atoms with E-state index < -0.39 is 16.4 Å². The van der Waals surface area contributed by atoms with Gasteiger partial charge in [-0.15, -0.1) is 0 Å². The van der Waals surface area contributed by atoms with Gasteiger partial charge in [0, 0.05) is 11.8 Å². The second-order valence-electron chi connectivity index (χ2n) is 2.91. The van der Waals surface area contributed by atoms with Crippen molar-refractivity contribution in [3.63, 3.8) is 0 Å². The lowest BCUT2D eigenvalue weighted by atomic mass is 10.4. The van der Waals surface area contributed by atoms with E-state index in [9.17, 15) is 8.42 Å². The highest BCUT2D eigenvalue weighted by molar-refractivity contribution is 7.90. The molecule has 0 unspecified atom stereocenters. The number of rotatable bonds is 3. The Morgan fingerprint density at radius 2 is 1.69 bits per heavy atom. The lowest BCUT2D eigenvalue weighted by molar-refractivity contribution is -0.0703. The van der Waals surface area contributed by atoms with Crippen LogP contribution in [0, 0.1) is 0 Å². The van der Waals surface area contributed by atoms with E-state index in [-0.39, 0.29) is 4.90 Å². The van der Waals surface area contributed by atoms with Crippen molar-refractivity contribution in [1.82, 2.24) is 3.82 Å². The van der Waals surface area contributed by atoms with Crippen molar-refractivity contribution in [3.05, 3.63) is 42.9 Å². The van der Waals surface area contributed by atoms with Gasteiger partial charge in [-0.25, -0.2) is 8.42 Å². The molecule has 0 spiro atoms. The SMILES string of the molecule is O=S(=O)(c1ccccc1)N(Cl)C1OC=CO1. The molecule has 0 aromatic heterocycles. The van der Waals surface area contributed by atoms with Crippen LogP contribution in [0.4, 0.5) is 0 Å². The first-order valence-electron chi connectivity index (χ1n) is 4.33. The summed E-state index contributed by atoms with van der Waals surface area (Å²) in [7, 11) is -3.81. The van der Waals surface area contributed by atoms with E-state index >= 15 is 0 Å². The molecule has 2 rings (SSSR count). The molecule has 0 aliphatic carbocycles. The Labute approximate surface area is 98.0 Å². The van der Waals surface area contributed by atoms with E-state index in [0.717, 1.165) is 0 Å². The predicted octanol–water partition coefficient (Wildman–Crippen LogP) is 1.63. The number of benzene rings is 1. The highest BCUT2D eigenvalue weighted by Gasteiger charge is 2.33. The molecule has 7 heteroatoms. The minimum atomic E-state index is -3.81. The second-order valence-corrected chi connectivity index (χ2v) is 5.29. The molecular weight excluding hydrogens is 254 g/mol. The van der Waals surface area contributed by atoms with Gasteiger partial charge in [0.15, 0.2) is 0 Å². The van der Waals surface area contributed by atoms with Gasteiger partial charge in [-0.2, -0.15) is 0 Å². The van der Waals surface area contributed by atoms with Crippen molar-refractivity contribution in [2.75, 3.05) is 0 Å². The van der Waals surface area contributed by atoms with E-state index in [2.05, 4.69) is 0 Å².